The van der Waals surface area contributed by atoms with Gasteiger partial charge >= 0.3 is 6.18 Å². The van der Waals surface area contributed by atoms with E-state index in [9.17, 15) is 21.6 Å². The van der Waals surface area contributed by atoms with Crippen LogP contribution in [0.15, 0.2) is 52.7 Å². The average molecular weight is 547 g/mol. The Balaban J connectivity index is 1.69. The van der Waals surface area contributed by atoms with Gasteiger partial charge in [0.2, 0.25) is 0 Å². The molecule has 1 atom stereocenters. The van der Waals surface area contributed by atoms with E-state index in [1.807, 2.05) is 0 Å². The van der Waals surface area contributed by atoms with Crippen LogP contribution in [0.3, 0.4) is 0 Å². The normalized spacial score (nSPS) is 18.5. The van der Waals surface area contributed by atoms with Crippen molar-refractivity contribution in [2.45, 2.75) is 29.3 Å². The minimum absolute atomic E-state index is 0.0623. The van der Waals surface area contributed by atoms with Crippen LogP contribution in [0.2, 0.25) is 4.34 Å². The molecule has 2 aromatic carbocycles. The van der Waals surface area contributed by atoms with Crippen LogP contribution in [0.5, 0.6) is 11.5 Å². The average Bonchev–Trinajstić information content (AvgIpc) is 3.39. The third kappa shape index (κ3) is 5.69. The number of hydrogen-bond acceptors (Lipinski definition) is 6. The number of methoxy groups -OCH3 is 1. The molecule has 0 spiro atoms. The Morgan fingerprint density at radius 1 is 1.14 bits per heavy atom. The van der Waals surface area contributed by atoms with Crippen molar-refractivity contribution in [3.8, 4) is 22.6 Å². The molecule has 2 N–H and O–H groups in total. The number of thiophene rings is 1. The molecule has 0 radical (unpaired) electrons. The van der Waals surface area contributed by atoms with Gasteiger partial charge in [0.05, 0.1) is 22.7 Å². The molecule has 1 fully saturated rings. The molecule has 12 heteroatoms. The molecule has 0 amide bonds. The summed E-state index contributed by atoms with van der Waals surface area (Å²) in [6, 6.07) is 11.2. The van der Waals surface area contributed by atoms with E-state index in [1.54, 1.807) is 31.2 Å². The van der Waals surface area contributed by atoms with E-state index in [-0.39, 0.29) is 14.2 Å². The van der Waals surface area contributed by atoms with E-state index in [4.69, 9.17) is 21.1 Å². The number of sulfonamides is 1. The van der Waals surface area contributed by atoms with Gasteiger partial charge in [-0.3, -0.25) is 4.72 Å². The lowest BCUT2D eigenvalue weighted by Crippen LogP contribution is -2.35. The van der Waals surface area contributed by atoms with Gasteiger partial charge in [-0.2, -0.15) is 13.2 Å². The van der Waals surface area contributed by atoms with Crippen LogP contribution in [-0.4, -0.2) is 34.2 Å². The molecule has 4 rings (SSSR count). The third-order valence-electron chi connectivity index (χ3n) is 5.54. The molecular weight excluding hydrogens is 525 g/mol. The molecule has 1 aromatic heterocycles. The summed E-state index contributed by atoms with van der Waals surface area (Å²) in [5, 5.41) is 3.06. The fourth-order valence-corrected chi connectivity index (χ4v) is 6.72. The van der Waals surface area contributed by atoms with Crippen molar-refractivity contribution in [2.24, 2.45) is 0 Å². The molecule has 0 aliphatic carbocycles. The zero-order valence-corrected chi connectivity index (χ0v) is 21.1. The number of anilines is 1. The molecular formula is C23H22ClF3N2O4S2. The zero-order chi connectivity index (χ0) is 25.4. The summed E-state index contributed by atoms with van der Waals surface area (Å²) in [6.07, 6.45) is -4.16. The molecule has 2 heterocycles. The van der Waals surface area contributed by atoms with Gasteiger partial charge in [-0.1, -0.05) is 23.7 Å². The van der Waals surface area contributed by atoms with Crippen molar-refractivity contribution >= 4 is 38.6 Å². The number of rotatable bonds is 7. The first kappa shape index (κ1) is 25.6. The van der Waals surface area contributed by atoms with Gasteiger partial charge in [-0.05, 0) is 49.4 Å². The van der Waals surface area contributed by atoms with Crippen molar-refractivity contribution in [1.82, 2.24) is 5.32 Å². The Morgan fingerprint density at radius 2 is 1.86 bits per heavy atom. The molecule has 1 aliphatic rings. The van der Waals surface area contributed by atoms with Crippen LogP contribution < -0.4 is 19.5 Å². The number of ether oxygens (including phenoxy) is 2. The topological polar surface area (TPSA) is 76.7 Å². The summed E-state index contributed by atoms with van der Waals surface area (Å²) in [7, 11) is -2.68. The first-order valence-corrected chi connectivity index (χ1v) is 13.2. The van der Waals surface area contributed by atoms with Gasteiger partial charge < -0.3 is 14.8 Å². The molecule has 3 aromatic rings. The second-order valence-electron chi connectivity index (χ2n) is 8.27. The zero-order valence-electron chi connectivity index (χ0n) is 18.7. The minimum Gasteiger partial charge on any atom is -0.497 e. The lowest BCUT2D eigenvalue weighted by Gasteiger charge is -2.27. The molecule has 0 bridgehead atoms. The second kappa shape index (κ2) is 9.53. The summed E-state index contributed by atoms with van der Waals surface area (Å²) in [5.74, 6) is 0.157. The number of halogens is 4. The highest BCUT2D eigenvalue weighted by Gasteiger charge is 2.38. The van der Waals surface area contributed by atoms with Gasteiger partial charge in [-0.25, -0.2) is 8.42 Å². The number of hydrogen-bond donors (Lipinski definition) is 2. The van der Waals surface area contributed by atoms with Crippen molar-refractivity contribution in [3.63, 3.8) is 0 Å². The quantitative estimate of drug-likeness (QED) is 0.378. The largest absolute Gasteiger partial charge is 0.497 e. The Labute approximate surface area is 210 Å². The van der Waals surface area contributed by atoms with Crippen molar-refractivity contribution < 1.29 is 31.1 Å². The highest BCUT2D eigenvalue weighted by Crippen LogP contribution is 2.42. The van der Waals surface area contributed by atoms with Crippen LogP contribution in [0.1, 0.15) is 18.9 Å². The first-order valence-electron chi connectivity index (χ1n) is 10.5. The maximum absolute atomic E-state index is 13.6. The van der Waals surface area contributed by atoms with Crippen LogP contribution in [0.25, 0.3) is 11.1 Å². The highest BCUT2D eigenvalue weighted by atomic mass is 35.5. The minimum atomic E-state index is -4.67. The number of alkyl halides is 3. The molecule has 35 heavy (non-hydrogen) atoms. The van der Waals surface area contributed by atoms with E-state index < -0.39 is 33.1 Å². The molecule has 6 nitrogen and oxygen atoms in total. The van der Waals surface area contributed by atoms with Crippen molar-refractivity contribution in [2.75, 3.05) is 24.9 Å². The Hall–Kier alpha value is -2.47. The summed E-state index contributed by atoms with van der Waals surface area (Å²) in [5.41, 5.74) is -0.935. The van der Waals surface area contributed by atoms with Crippen LogP contribution in [0, 0.1) is 0 Å². The van der Waals surface area contributed by atoms with Crippen molar-refractivity contribution in [3.05, 3.63) is 58.4 Å². The summed E-state index contributed by atoms with van der Waals surface area (Å²) in [4.78, 5) is 0. The fourth-order valence-electron chi connectivity index (χ4n) is 3.77. The predicted octanol–water partition coefficient (Wildman–Crippen LogP) is 6.03. The second-order valence-corrected chi connectivity index (χ2v) is 11.8. The molecule has 1 aliphatic heterocycles. The maximum atomic E-state index is 13.6. The van der Waals surface area contributed by atoms with Crippen molar-refractivity contribution in [1.29, 1.82) is 0 Å². The first-order chi connectivity index (χ1) is 16.4. The van der Waals surface area contributed by atoms with Gasteiger partial charge in [0.1, 0.15) is 21.3 Å². The Morgan fingerprint density at radius 3 is 2.46 bits per heavy atom. The SMILES string of the molecule is COc1ccc(-c2cc(Cl)sc2S(=O)(=O)Nc2ccc(C(F)(F)F)c(O[C@]3(C)CCNC3)c2)cc1. The van der Waals surface area contributed by atoms with E-state index >= 15 is 0 Å². The molecule has 188 valence electrons. The van der Waals surface area contributed by atoms with E-state index in [2.05, 4.69) is 10.0 Å². The van der Waals surface area contributed by atoms with E-state index in [1.165, 1.54) is 13.2 Å². The van der Waals surface area contributed by atoms with Gasteiger partial charge in [0.25, 0.3) is 10.0 Å². The maximum Gasteiger partial charge on any atom is 0.419 e. The van der Waals surface area contributed by atoms with Gasteiger partial charge in [0, 0.05) is 24.6 Å². The summed E-state index contributed by atoms with van der Waals surface area (Å²) in [6.45, 7) is 2.69. The highest BCUT2D eigenvalue weighted by molar-refractivity contribution is 7.94. The van der Waals surface area contributed by atoms with E-state index in [0.717, 1.165) is 29.5 Å². The fraction of sp³-hybridized carbons (Fsp3) is 0.304. The summed E-state index contributed by atoms with van der Waals surface area (Å²) < 4.78 is 80.9. The molecule has 1 saturated heterocycles. The van der Waals surface area contributed by atoms with Crippen LogP contribution in [0.4, 0.5) is 18.9 Å². The van der Waals surface area contributed by atoms with Crippen LogP contribution in [-0.2, 0) is 16.2 Å². The van der Waals surface area contributed by atoms with Crippen LogP contribution >= 0.6 is 22.9 Å². The Bertz CT molecular complexity index is 1320. The van der Waals surface area contributed by atoms with E-state index in [0.29, 0.717) is 36.4 Å². The molecule has 0 unspecified atom stereocenters. The monoisotopic (exact) mass is 546 g/mol. The summed E-state index contributed by atoms with van der Waals surface area (Å²) >= 11 is 6.99. The van der Waals surface area contributed by atoms with Gasteiger partial charge in [0.15, 0.2) is 0 Å². The lowest BCUT2D eigenvalue weighted by atomic mass is 10.1. The Kier molecular flexibility index (Phi) is 6.98. The molecule has 0 saturated carbocycles. The smallest absolute Gasteiger partial charge is 0.419 e. The number of nitrogens with one attached hydrogen (secondary N) is 2. The number of benzene rings is 2. The van der Waals surface area contributed by atoms with Gasteiger partial charge in [-0.15, -0.1) is 11.3 Å². The third-order valence-corrected chi connectivity index (χ3v) is 8.72. The predicted molar refractivity (Wildman–Crippen MR) is 130 cm³/mol. The lowest BCUT2D eigenvalue weighted by molar-refractivity contribution is -0.139. The standard InChI is InChI=1S/C23H22ClF3N2O4S2/c1-22(9-10-28-13-22)33-19-11-15(5-8-18(19)23(25,26)27)29-35(30,31)21-17(12-20(24)34-21)14-3-6-16(32-2)7-4-14/h3-8,11-12,28-29H,9-10,13H2,1-2H3/t22-/m1/s1.